The molecule has 0 spiro atoms. The average Bonchev–Trinajstić information content (AvgIpc) is 3.51. The summed E-state index contributed by atoms with van der Waals surface area (Å²) in [6.07, 6.45) is 3.54. The number of piperazine rings is 1. The van der Waals surface area contributed by atoms with Crippen molar-refractivity contribution >= 4 is 46.1 Å². The molecule has 39 heavy (non-hydrogen) atoms. The second kappa shape index (κ2) is 9.73. The number of aromatic nitrogens is 6. The fourth-order valence-electron chi connectivity index (χ4n) is 5.19. The van der Waals surface area contributed by atoms with Crippen LogP contribution in [0.1, 0.15) is 19.5 Å². The minimum atomic E-state index is -0.880. The first-order valence-corrected chi connectivity index (χ1v) is 13.6. The minimum absolute atomic E-state index is 0.0171. The number of pyridine rings is 2. The van der Waals surface area contributed by atoms with Crippen molar-refractivity contribution in [1.29, 1.82) is 0 Å². The van der Waals surface area contributed by atoms with Gasteiger partial charge in [0.05, 0.1) is 27.9 Å². The molecule has 4 aromatic heterocycles. The van der Waals surface area contributed by atoms with E-state index in [0.717, 1.165) is 48.6 Å². The van der Waals surface area contributed by atoms with E-state index in [-0.39, 0.29) is 11.5 Å². The van der Waals surface area contributed by atoms with Gasteiger partial charge >= 0.3 is 0 Å². The van der Waals surface area contributed by atoms with Crippen LogP contribution in [0.2, 0.25) is 0 Å². The summed E-state index contributed by atoms with van der Waals surface area (Å²) in [5.74, 6) is 0.487. The van der Waals surface area contributed by atoms with Crippen LogP contribution < -0.4 is 15.8 Å². The first-order chi connectivity index (χ1) is 18.7. The van der Waals surface area contributed by atoms with Crippen molar-refractivity contribution in [3.8, 4) is 11.4 Å². The predicted octanol–water partition coefficient (Wildman–Crippen LogP) is 3.80. The summed E-state index contributed by atoms with van der Waals surface area (Å²) in [4.78, 5) is 33.3. The van der Waals surface area contributed by atoms with Crippen LogP contribution in [-0.2, 0) is 11.9 Å². The second-order valence-electron chi connectivity index (χ2n) is 10.6. The number of anilines is 2. The maximum atomic E-state index is 13.6. The highest BCUT2D eigenvalue weighted by atomic mass is 32.1. The van der Waals surface area contributed by atoms with Gasteiger partial charge in [-0.1, -0.05) is 19.9 Å². The smallest absolute Gasteiger partial charge is 0.261 e. The van der Waals surface area contributed by atoms with E-state index in [2.05, 4.69) is 63.1 Å². The molecule has 5 aromatic rings. The third-order valence-electron chi connectivity index (χ3n) is 7.57. The van der Waals surface area contributed by atoms with E-state index < -0.39 is 4.87 Å². The van der Waals surface area contributed by atoms with Gasteiger partial charge in [0.1, 0.15) is 21.8 Å². The van der Waals surface area contributed by atoms with Gasteiger partial charge in [-0.15, -0.1) is 12.6 Å². The summed E-state index contributed by atoms with van der Waals surface area (Å²) in [6.45, 7) is 8.13. The lowest BCUT2D eigenvalue weighted by molar-refractivity contribution is 0.313. The van der Waals surface area contributed by atoms with E-state index >= 15 is 0 Å². The number of hydrogen-bond donors (Lipinski definition) is 4. The number of nitrogens with one attached hydrogen (secondary N) is 3. The number of likely N-dealkylation sites (N-methyl/N-ethyl adjacent to an activating group) is 1. The Morgan fingerprint density at radius 3 is 2.56 bits per heavy atom. The SMILES string of the molecule is CC(C)[C@@](S)(Nc1c(-c2nc3ccc(N4CCN(C)CC4)cc3[nH]2)c(=O)[nH]c2cn(C)nc12)c1ccccn1. The number of fused-ring (bicyclic) bond motifs is 2. The summed E-state index contributed by atoms with van der Waals surface area (Å²) >= 11 is 5.11. The van der Waals surface area contributed by atoms with Crippen LogP contribution in [-0.4, -0.2) is 67.8 Å². The van der Waals surface area contributed by atoms with Crippen LogP contribution in [0.15, 0.2) is 53.6 Å². The molecule has 0 saturated carbocycles. The number of rotatable bonds is 6. The number of hydrogen-bond acceptors (Lipinski definition) is 8. The van der Waals surface area contributed by atoms with Gasteiger partial charge in [0.2, 0.25) is 0 Å². The van der Waals surface area contributed by atoms with Crippen molar-refractivity contribution in [3.63, 3.8) is 0 Å². The predicted molar refractivity (Wildman–Crippen MR) is 159 cm³/mol. The topological polar surface area (TPSA) is 111 Å². The molecule has 1 fully saturated rings. The molecule has 5 heterocycles. The normalized spacial score (nSPS) is 16.3. The van der Waals surface area contributed by atoms with Crippen molar-refractivity contribution in [2.24, 2.45) is 13.0 Å². The van der Waals surface area contributed by atoms with Crippen molar-refractivity contribution < 1.29 is 0 Å². The van der Waals surface area contributed by atoms with Crippen LogP contribution >= 0.6 is 12.6 Å². The molecule has 1 aliphatic rings. The third kappa shape index (κ3) is 4.55. The maximum absolute atomic E-state index is 13.6. The van der Waals surface area contributed by atoms with Crippen LogP contribution in [0.4, 0.5) is 11.4 Å². The first-order valence-electron chi connectivity index (χ1n) is 13.2. The van der Waals surface area contributed by atoms with E-state index in [1.54, 1.807) is 17.1 Å². The molecule has 1 atom stereocenters. The van der Waals surface area contributed by atoms with Crippen LogP contribution in [0.25, 0.3) is 33.5 Å². The van der Waals surface area contributed by atoms with Crippen LogP contribution in [0.5, 0.6) is 0 Å². The molecule has 11 heteroatoms. The molecule has 10 nitrogen and oxygen atoms in total. The second-order valence-corrected chi connectivity index (χ2v) is 11.3. The largest absolute Gasteiger partial charge is 0.369 e. The zero-order valence-electron chi connectivity index (χ0n) is 22.6. The Kier molecular flexibility index (Phi) is 6.35. The molecular formula is C28H33N9OS. The Morgan fingerprint density at radius 1 is 1.05 bits per heavy atom. The summed E-state index contributed by atoms with van der Waals surface area (Å²) in [7, 11) is 3.98. The van der Waals surface area contributed by atoms with Gasteiger partial charge in [-0.3, -0.25) is 14.5 Å². The van der Waals surface area contributed by atoms with Crippen molar-refractivity contribution in [3.05, 3.63) is 64.8 Å². The maximum Gasteiger partial charge on any atom is 0.261 e. The molecule has 0 amide bonds. The molecule has 1 aliphatic heterocycles. The van der Waals surface area contributed by atoms with Crippen molar-refractivity contribution in [1.82, 2.24) is 34.6 Å². The Hall–Kier alpha value is -3.83. The molecule has 1 saturated heterocycles. The summed E-state index contributed by atoms with van der Waals surface area (Å²) in [5, 5.41) is 8.27. The Labute approximate surface area is 231 Å². The van der Waals surface area contributed by atoms with E-state index in [1.165, 1.54) is 0 Å². The fourth-order valence-corrected chi connectivity index (χ4v) is 5.43. The number of thiol groups is 1. The Morgan fingerprint density at radius 2 is 1.85 bits per heavy atom. The molecule has 6 rings (SSSR count). The van der Waals surface area contributed by atoms with Crippen molar-refractivity contribution in [2.75, 3.05) is 43.4 Å². The van der Waals surface area contributed by atoms with E-state index in [0.29, 0.717) is 28.1 Å². The quantitative estimate of drug-likeness (QED) is 0.190. The standard InChI is InChI=1S/C28H33N9OS/c1-17(2)28(39,22-7-5-6-10-29-22)33-25-23(27(38)32-21-16-36(4)34-24(21)25)26-30-19-9-8-18(15-20(19)31-26)37-13-11-35(3)12-14-37/h5-10,15-17,33,39H,11-14H2,1-4H3,(H,30,31)(H,32,38)/t28-/m0/s1. The molecular weight excluding hydrogens is 510 g/mol. The van der Waals surface area contributed by atoms with Crippen molar-refractivity contribution in [2.45, 2.75) is 18.7 Å². The van der Waals surface area contributed by atoms with E-state index in [9.17, 15) is 4.79 Å². The molecule has 0 bridgehead atoms. The number of aromatic amines is 2. The van der Waals surface area contributed by atoms with E-state index in [1.807, 2.05) is 31.3 Å². The summed E-state index contributed by atoms with van der Waals surface area (Å²) in [6, 6.07) is 12.0. The highest BCUT2D eigenvalue weighted by Gasteiger charge is 2.36. The number of benzene rings is 1. The number of imidazole rings is 1. The molecule has 0 radical (unpaired) electrons. The van der Waals surface area contributed by atoms with Gasteiger partial charge < -0.3 is 25.1 Å². The average molecular weight is 544 g/mol. The Bertz CT molecular complexity index is 1700. The zero-order valence-corrected chi connectivity index (χ0v) is 23.5. The first kappa shape index (κ1) is 25.4. The number of aryl methyl sites for hydroxylation is 1. The molecule has 3 N–H and O–H groups in total. The van der Waals surface area contributed by atoms with Crippen LogP contribution in [0, 0.1) is 5.92 Å². The lowest BCUT2D eigenvalue weighted by Crippen LogP contribution is -2.44. The number of H-pyrrole nitrogens is 2. The van der Waals surface area contributed by atoms with Gasteiger partial charge in [0.25, 0.3) is 5.56 Å². The molecule has 0 unspecified atom stereocenters. The highest BCUT2D eigenvalue weighted by Crippen LogP contribution is 2.40. The summed E-state index contributed by atoms with van der Waals surface area (Å²) in [5.41, 5.74) is 5.48. The lowest BCUT2D eigenvalue weighted by atomic mass is 9.98. The van der Waals surface area contributed by atoms with Gasteiger partial charge in [-0.2, -0.15) is 5.10 Å². The summed E-state index contributed by atoms with van der Waals surface area (Å²) < 4.78 is 1.69. The fraction of sp³-hybridized carbons (Fsp3) is 0.357. The van der Waals surface area contributed by atoms with E-state index in [4.69, 9.17) is 22.7 Å². The zero-order chi connectivity index (χ0) is 27.3. The monoisotopic (exact) mass is 543 g/mol. The van der Waals surface area contributed by atoms with Gasteiger partial charge in [-0.25, -0.2) is 4.98 Å². The Balaban J connectivity index is 1.50. The van der Waals surface area contributed by atoms with Gasteiger partial charge in [0, 0.05) is 51.3 Å². The molecule has 0 aliphatic carbocycles. The molecule has 1 aromatic carbocycles. The molecule has 202 valence electrons. The van der Waals surface area contributed by atoms with Gasteiger partial charge in [-0.05, 0) is 43.3 Å². The third-order valence-corrected chi connectivity index (χ3v) is 8.43. The van der Waals surface area contributed by atoms with Gasteiger partial charge in [0.15, 0.2) is 0 Å². The highest BCUT2D eigenvalue weighted by molar-refractivity contribution is 7.81. The lowest BCUT2D eigenvalue weighted by Gasteiger charge is -2.34. The minimum Gasteiger partial charge on any atom is -0.369 e. The number of nitrogens with zero attached hydrogens (tertiary/aromatic N) is 6. The van der Waals surface area contributed by atoms with Crippen LogP contribution in [0.3, 0.4) is 0 Å².